The number of nitro groups is 1. The number of ether oxygens (including phenoxy) is 1. The number of aromatic nitrogens is 1. The molecule has 1 heterocycles. The van der Waals surface area contributed by atoms with E-state index in [9.17, 15) is 24.5 Å². The van der Waals surface area contributed by atoms with Gasteiger partial charge in [-0.15, -0.1) is 0 Å². The van der Waals surface area contributed by atoms with Gasteiger partial charge < -0.3 is 14.5 Å². The zero-order chi connectivity index (χ0) is 21.1. The molecule has 0 unspecified atom stereocenters. The Morgan fingerprint density at radius 2 is 1.93 bits per heavy atom. The first kappa shape index (κ1) is 19.8. The SMILES string of the molecule is Cc1ccc(NC(=O)COC(=O)Cn2c(=O)oc3cc([N+](=O)[O-])ccc32)cc1C. The van der Waals surface area contributed by atoms with Gasteiger partial charge >= 0.3 is 11.7 Å². The van der Waals surface area contributed by atoms with E-state index >= 15 is 0 Å². The van der Waals surface area contributed by atoms with E-state index in [1.54, 1.807) is 12.1 Å². The predicted octanol–water partition coefficient (Wildman–Crippen LogP) is 2.30. The smallest absolute Gasteiger partial charge is 0.420 e. The van der Waals surface area contributed by atoms with Crippen molar-refractivity contribution in [1.82, 2.24) is 4.57 Å². The second-order valence-electron chi connectivity index (χ2n) is 6.37. The van der Waals surface area contributed by atoms with E-state index in [0.717, 1.165) is 21.8 Å². The van der Waals surface area contributed by atoms with E-state index in [1.165, 1.54) is 12.1 Å². The van der Waals surface area contributed by atoms with Gasteiger partial charge in [-0.25, -0.2) is 4.79 Å². The number of esters is 1. The zero-order valence-electron chi connectivity index (χ0n) is 15.6. The van der Waals surface area contributed by atoms with Crippen LogP contribution in [-0.2, 0) is 20.9 Å². The Kier molecular flexibility index (Phi) is 5.44. The van der Waals surface area contributed by atoms with Crippen molar-refractivity contribution in [2.24, 2.45) is 0 Å². The third kappa shape index (κ3) is 4.49. The monoisotopic (exact) mass is 399 g/mol. The summed E-state index contributed by atoms with van der Waals surface area (Å²) in [6, 6.07) is 8.98. The van der Waals surface area contributed by atoms with Crippen LogP contribution in [-0.4, -0.2) is 28.0 Å². The van der Waals surface area contributed by atoms with Gasteiger partial charge in [0, 0.05) is 11.8 Å². The lowest BCUT2D eigenvalue weighted by molar-refractivity contribution is -0.384. The standard InChI is InChI=1S/C19H17N3O7/c1-11-3-4-13(7-12(11)2)20-17(23)10-28-18(24)9-21-15-6-5-14(22(26)27)8-16(15)29-19(21)25/h3-8H,9-10H2,1-2H3,(H,20,23). The summed E-state index contributed by atoms with van der Waals surface area (Å²) in [7, 11) is 0. The van der Waals surface area contributed by atoms with E-state index in [0.29, 0.717) is 5.69 Å². The summed E-state index contributed by atoms with van der Waals surface area (Å²) in [5, 5.41) is 13.4. The molecule has 0 radical (unpaired) electrons. The van der Waals surface area contributed by atoms with E-state index in [1.807, 2.05) is 19.9 Å². The summed E-state index contributed by atoms with van der Waals surface area (Å²) in [5.74, 6) is -2.22. The summed E-state index contributed by atoms with van der Waals surface area (Å²) in [6.45, 7) is 2.83. The van der Waals surface area contributed by atoms with Crippen molar-refractivity contribution in [2.45, 2.75) is 20.4 Å². The topological polar surface area (TPSA) is 134 Å². The highest BCUT2D eigenvalue weighted by Crippen LogP contribution is 2.20. The number of hydrogen-bond acceptors (Lipinski definition) is 7. The predicted molar refractivity (Wildman–Crippen MR) is 103 cm³/mol. The largest absolute Gasteiger partial charge is 0.454 e. The Labute approximate surface area is 163 Å². The van der Waals surface area contributed by atoms with Crippen LogP contribution in [0.25, 0.3) is 11.1 Å². The highest BCUT2D eigenvalue weighted by atomic mass is 16.6. The molecule has 10 nitrogen and oxygen atoms in total. The van der Waals surface area contributed by atoms with E-state index in [2.05, 4.69) is 5.32 Å². The van der Waals surface area contributed by atoms with Crippen molar-refractivity contribution < 1.29 is 23.7 Å². The first-order chi connectivity index (χ1) is 13.7. The number of hydrogen-bond donors (Lipinski definition) is 1. The molecule has 0 atom stereocenters. The molecule has 0 aliphatic carbocycles. The van der Waals surface area contributed by atoms with Gasteiger partial charge in [0.15, 0.2) is 12.2 Å². The fraction of sp³-hybridized carbons (Fsp3) is 0.211. The highest BCUT2D eigenvalue weighted by molar-refractivity contribution is 5.93. The van der Waals surface area contributed by atoms with Crippen molar-refractivity contribution in [3.63, 3.8) is 0 Å². The third-order valence-corrected chi connectivity index (χ3v) is 4.30. The van der Waals surface area contributed by atoms with Gasteiger partial charge in [0.2, 0.25) is 0 Å². The summed E-state index contributed by atoms with van der Waals surface area (Å²) in [6.07, 6.45) is 0. The van der Waals surface area contributed by atoms with Gasteiger partial charge in [0.25, 0.3) is 11.6 Å². The molecular formula is C19H17N3O7. The first-order valence-corrected chi connectivity index (χ1v) is 8.55. The first-order valence-electron chi connectivity index (χ1n) is 8.55. The molecular weight excluding hydrogens is 382 g/mol. The average molecular weight is 399 g/mol. The summed E-state index contributed by atoms with van der Waals surface area (Å²) in [4.78, 5) is 46.1. The number of aryl methyl sites for hydroxylation is 2. The Bertz CT molecular complexity index is 1180. The van der Waals surface area contributed by atoms with Crippen LogP contribution in [0.5, 0.6) is 0 Å². The Morgan fingerprint density at radius 1 is 1.17 bits per heavy atom. The van der Waals surface area contributed by atoms with Gasteiger partial charge in [-0.1, -0.05) is 6.07 Å². The van der Waals surface area contributed by atoms with Crippen molar-refractivity contribution in [1.29, 1.82) is 0 Å². The lowest BCUT2D eigenvalue weighted by Gasteiger charge is -2.08. The second kappa shape index (κ2) is 7.97. The highest BCUT2D eigenvalue weighted by Gasteiger charge is 2.17. The molecule has 29 heavy (non-hydrogen) atoms. The minimum atomic E-state index is -0.864. The number of rotatable bonds is 6. The van der Waals surface area contributed by atoms with Crippen LogP contribution in [0.3, 0.4) is 0 Å². The van der Waals surface area contributed by atoms with Crippen LogP contribution in [0, 0.1) is 24.0 Å². The number of anilines is 1. The molecule has 0 fully saturated rings. The quantitative estimate of drug-likeness (QED) is 0.382. The van der Waals surface area contributed by atoms with Crippen LogP contribution in [0.4, 0.5) is 11.4 Å². The Morgan fingerprint density at radius 3 is 2.62 bits per heavy atom. The fourth-order valence-electron chi connectivity index (χ4n) is 2.66. The molecule has 3 aromatic rings. The number of amides is 1. The van der Waals surface area contributed by atoms with E-state index < -0.39 is 35.7 Å². The average Bonchev–Trinajstić information content (AvgIpc) is 2.97. The Balaban J connectivity index is 1.62. The van der Waals surface area contributed by atoms with Gasteiger partial charge in [-0.05, 0) is 43.2 Å². The normalized spacial score (nSPS) is 10.7. The molecule has 0 bridgehead atoms. The van der Waals surface area contributed by atoms with Crippen LogP contribution in [0.15, 0.2) is 45.6 Å². The second-order valence-corrected chi connectivity index (χ2v) is 6.37. The van der Waals surface area contributed by atoms with Crippen molar-refractivity contribution in [2.75, 3.05) is 11.9 Å². The molecule has 3 rings (SSSR count). The maximum Gasteiger partial charge on any atom is 0.420 e. The van der Waals surface area contributed by atoms with Crippen LogP contribution in [0.1, 0.15) is 11.1 Å². The minimum Gasteiger partial charge on any atom is -0.454 e. The Hall–Kier alpha value is -3.95. The van der Waals surface area contributed by atoms with Crippen LogP contribution < -0.4 is 11.1 Å². The lowest BCUT2D eigenvalue weighted by Crippen LogP contribution is -2.25. The maximum absolute atomic E-state index is 12.0. The number of fused-ring (bicyclic) bond motifs is 1. The summed E-state index contributed by atoms with van der Waals surface area (Å²) >= 11 is 0. The molecule has 0 aliphatic heterocycles. The van der Waals surface area contributed by atoms with Gasteiger partial charge in [-0.3, -0.25) is 24.3 Å². The number of nitrogens with one attached hydrogen (secondary N) is 1. The summed E-state index contributed by atoms with van der Waals surface area (Å²) < 4.78 is 10.8. The number of carbonyl (C=O) groups excluding carboxylic acids is 2. The third-order valence-electron chi connectivity index (χ3n) is 4.30. The van der Waals surface area contributed by atoms with Gasteiger partial charge in [0.1, 0.15) is 6.54 Å². The molecule has 0 saturated heterocycles. The van der Waals surface area contributed by atoms with E-state index in [4.69, 9.17) is 9.15 Å². The molecule has 1 amide bonds. The number of nitro benzene ring substituents is 1. The number of carbonyl (C=O) groups is 2. The van der Waals surface area contributed by atoms with Crippen molar-refractivity contribution in [3.8, 4) is 0 Å². The number of benzene rings is 2. The van der Waals surface area contributed by atoms with E-state index in [-0.39, 0.29) is 16.8 Å². The fourth-order valence-corrected chi connectivity index (χ4v) is 2.66. The number of nitrogens with zero attached hydrogens (tertiary/aromatic N) is 2. The van der Waals surface area contributed by atoms with Gasteiger partial charge in [0.05, 0.1) is 16.5 Å². The molecule has 2 aromatic carbocycles. The molecule has 1 aromatic heterocycles. The molecule has 1 N–H and O–H groups in total. The molecule has 150 valence electrons. The molecule has 0 aliphatic rings. The zero-order valence-corrected chi connectivity index (χ0v) is 15.6. The van der Waals surface area contributed by atoms with Crippen LogP contribution >= 0.6 is 0 Å². The van der Waals surface area contributed by atoms with Crippen LogP contribution in [0.2, 0.25) is 0 Å². The number of non-ortho nitro benzene ring substituents is 1. The lowest BCUT2D eigenvalue weighted by atomic mass is 10.1. The minimum absolute atomic E-state index is 0.0236. The van der Waals surface area contributed by atoms with Crippen molar-refractivity contribution in [3.05, 3.63) is 68.2 Å². The van der Waals surface area contributed by atoms with Gasteiger partial charge in [-0.2, -0.15) is 0 Å². The molecule has 0 saturated carbocycles. The molecule has 10 heteroatoms. The maximum atomic E-state index is 12.0. The summed E-state index contributed by atoms with van der Waals surface area (Å²) in [5.41, 5.74) is 2.60. The number of oxazole rings is 1. The van der Waals surface area contributed by atoms with Crippen molar-refractivity contribution >= 4 is 34.4 Å². The molecule has 0 spiro atoms.